The SMILES string of the molecule is CCCCCCCCCCCCCCCCCCOC(=O)CCCC(=O)OC(C)CCCC(C)C. The first-order chi connectivity index (χ1) is 17.0. The maximum Gasteiger partial charge on any atom is 0.306 e. The van der Waals surface area contributed by atoms with Gasteiger partial charge >= 0.3 is 11.9 Å². The molecule has 0 aliphatic carbocycles. The summed E-state index contributed by atoms with van der Waals surface area (Å²) in [6, 6.07) is 0. The van der Waals surface area contributed by atoms with Crippen molar-refractivity contribution < 1.29 is 19.1 Å². The third-order valence-electron chi connectivity index (χ3n) is 6.75. The molecule has 1 atom stereocenters. The summed E-state index contributed by atoms with van der Waals surface area (Å²) in [5.74, 6) is 0.291. The molecule has 0 radical (unpaired) electrons. The van der Waals surface area contributed by atoms with Gasteiger partial charge < -0.3 is 9.47 Å². The van der Waals surface area contributed by atoms with Crippen molar-refractivity contribution in [1.29, 1.82) is 0 Å². The van der Waals surface area contributed by atoms with Gasteiger partial charge in [0.1, 0.15) is 0 Å². The van der Waals surface area contributed by atoms with Gasteiger partial charge in [0.2, 0.25) is 0 Å². The number of esters is 2. The molecule has 35 heavy (non-hydrogen) atoms. The molecule has 0 rings (SSSR count). The fourth-order valence-corrected chi connectivity index (χ4v) is 4.44. The predicted molar refractivity (Wildman–Crippen MR) is 149 cm³/mol. The van der Waals surface area contributed by atoms with Crippen LogP contribution in [0.25, 0.3) is 0 Å². The molecule has 0 aliphatic rings. The molecule has 208 valence electrons. The summed E-state index contributed by atoms with van der Waals surface area (Å²) < 4.78 is 10.7. The second-order valence-corrected chi connectivity index (χ2v) is 11.0. The fourth-order valence-electron chi connectivity index (χ4n) is 4.44. The lowest BCUT2D eigenvalue weighted by atomic mass is 10.0. The second-order valence-electron chi connectivity index (χ2n) is 11.0. The topological polar surface area (TPSA) is 52.6 Å². The Labute approximate surface area is 218 Å². The van der Waals surface area contributed by atoms with Crippen LogP contribution in [0.2, 0.25) is 0 Å². The van der Waals surface area contributed by atoms with E-state index in [1.54, 1.807) is 0 Å². The summed E-state index contributed by atoms with van der Waals surface area (Å²) in [5, 5.41) is 0. The van der Waals surface area contributed by atoms with E-state index in [1.165, 1.54) is 89.9 Å². The van der Waals surface area contributed by atoms with Crippen molar-refractivity contribution in [2.24, 2.45) is 5.92 Å². The molecule has 1 unspecified atom stereocenters. The smallest absolute Gasteiger partial charge is 0.306 e. The largest absolute Gasteiger partial charge is 0.466 e. The van der Waals surface area contributed by atoms with E-state index in [0.717, 1.165) is 32.1 Å². The summed E-state index contributed by atoms with van der Waals surface area (Å²) in [6.45, 7) is 9.14. The van der Waals surface area contributed by atoms with Crippen molar-refractivity contribution in [2.75, 3.05) is 6.61 Å². The number of carbonyl (C=O) groups excluding carboxylic acids is 2. The van der Waals surface area contributed by atoms with Gasteiger partial charge in [0, 0.05) is 12.8 Å². The minimum Gasteiger partial charge on any atom is -0.466 e. The van der Waals surface area contributed by atoms with Crippen LogP contribution < -0.4 is 0 Å². The van der Waals surface area contributed by atoms with Crippen molar-refractivity contribution in [3.63, 3.8) is 0 Å². The standard InChI is InChI=1S/C31H60O4/c1-5-6-7-8-9-10-11-12-13-14-15-16-17-18-19-20-27-34-30(32)25-22-26-31(33)35-29(4)24-21-23-28(2)3/h28-29H,5-27H2,1-4H3. The van der Waals surface area contributed by atoms with Crippen LogP contribution in [0.1, 0.15) is 169 Å². The van der Waals surface area contributed by atoms with E-state index < -0.39 is 0 Å². The fraction of sp³-hybridized carbons (Fsp3) is 0.935. The van der Waals surface area contributed by atoms with Crippen molar-refractivity contribution in [1.82, 2.24) is 0 Å². The van der Waals surface area contributed by atoms with Crippen LogP contribution in [-0.2, 0) is 19.1 Å². The van der Waals surface area contributed by atoms with Gasteiger partial charge in [-0.15, -0.1) is 0 Å². The van der Waals surface area contributed by atoms with Crippen molar-refractivity contribution in [3.8, 4) is 0 Å². The number of rotatable bonds is 26. The van der Waals surface area contributed by atoms with Gasteiger partial charge in [-0.05, 0) is 38.5 Å². The Morgan fingerprint density at radius 3 is 1.49 bits per heavy atom. The van der Waals surface area contributed by atoms with Crippen LogP contribution in [0.3, 0.4) is 0 Å². The molecule has 4 nitrogen and oxygen atoms in total. The van der Waals surface area contributed by atoms with Gasteiger partial charge in [-0.2, -0.15) is 0 Å². The summed E-state index contributed by atoms with van der Waals surface area (Å²) in [4.78, 5) is 23.7. The number of hydrogen-bond donors (Lipinski definition) is 0. The first-order valence-corrected chi connectivity index (χ1v) is 15.3. The van der Waals surface area contributed by atoms with Gasteiger partial charge in [0.05, 0.1) is 12.7 Å². The first kappa shape index (κ1) is 33.9. The van der Waals surface area contributed by atoms with Crippen LogP contribution in [0.4, 0.5) is 0 Å². The summed E-state index contributed by atoms with van der Waals surface area (Å²) in [7, 11) is 0. The van der Waals surface area contributed by atoms with Gasteiger partial charge in [0.25, 0.3) is 0 Å². The van der Waals surface area contributed by atoms with Gasteiger partial charge in [0.15, 0.2) is 0 Å². The molecule has 0 saturated carbocycles. The third-order valence-corrected chi connectivity index (χ3v) is 6.75. The van der Waals surface area contributed by atoms with Gasteiger partial charge in [-0.3, -0.25) is 9.59 Å². The normalized spacial score (nSPS) is 12.1. The Balaban J connectivity index is 3.34. The zero-order valence-corrected chi connectivity index (χ0v) is 24.1. The number of hydrogen-bond acceptors (Lipinski definition) is 4. The number of unbranched alkanes of at least 4 members (excludes halogenated alkanes) is 15. The Bertz CT molecular complexity index is 475. The van der Waals surface area contributed by atoms with E-state index in [9.17, 15) is 9.59 Å². The van der Waals surface area contributed by atoms with E-state index in [1.807, 2.05) is 6.92 Å². The Morgan fingerprint density at radius 2 is 1.00 bits per heavy atom. The minimum absolute atomic E-state index is 0.0388. The lowest BCUT2D eigenvalue weighted by Gasteiger charge is -2.13. The van der Waals surface area contributed by atoms with Crippen LogP contribution in [-0.4, -0.2) is 24.6 Å². The van der Waals surface area contributed by atoms with Gasteiger partial charge in [-0.25, -0.2) is 0 Å². The Morgan fingerprint density at radius 1 is 0.543 bits per heavy atom. The van der Waals surface area contributed by atoms with Crippen molar-refractivity contribution in [3.05, 3.63) is 0 Å². The van der Waals surface area contributed by atoms with E-state index in [4.69, 9.17) is 9.47 Å². The lowest BCUT2D eigenvalue weighted by Crippen LogP contribution is -2.15. The van der Waals surface area contributed by atoms with E-state index >= 15 is 0 Å². The zero-order chi connectivity index (χ0) is 26.0. The maximum absolute atomic E-state index is 11.9. The van der Waals surface area contributed by atoms with Crippen LogP contribution in [0, 0.1) is 5.92 Å². The van der Waals surface area contributed by atoms with Gasteiger partial charge in [-0.1, -0.05) is 124 Å². The number of carbonyl (C=O) groups is 2. The summed E-state index contributed by atoms with van der Waals surface area (Å²) in [5.41, 5.74) is 0. The molecule has 0 spiro atoms. The van der Waals surface area contributed by atoms with E-state index in [0.29, 0.717) is 31.8 Å². The lowest BCUT2D eigenvalue weighted by molar-refractivity contribution is -0.149. The molecule has 0 fully saturated rings. The molecule has 0 bridgehead atoms. The maximum atomic E-state index is 11.9. The summed E-state index contributed by atoms with van der Waals surface area (Å²) >= 11 is 0. The minimum atomic E-state index is -0.201. The number of ether oxygens (including phenoxy) is 2. The average Bonchev–Trinajstić information content (AvgIpc) is 2.80. The van der Waals surface area contributed by atoms with Crippen LogP contribution >= 0.6 is 0 Å². The average molecular weight is 497 g/mol. The monoisotopic (exact) mass is 496 g/mol. The first-order valence-electron chi connectivity index (χ1n) is 15.3. The zero-order valence-electron chi connectivity index (χ0n) is 24.1. The molecule has 0 aliphatic heterocycles. The Hall–Kier alpha value is -1.06. The Kier molecular flexibility index (Phi) is 25.2. The highest BCUT2D eigenvalue weighted by Crippen LogP contribution is 2.14. The van der Waals surface area contributed by atoms with Crippen molar-refractivity contribution >= 4 is 11.9 Å². The van der Waals surface area contributed by atoms with E-state index in [-0.39, 0.29) is 18.0 Å². The highest BCUT2D eigenvalue weighted by atomic mass is 16.5. The highest BCUT2D eigenvalue weighted by molar-refractivity contribution is 5.72. The van der Waals surface area contributed by atoms with Crippen LogP contribution in [0.15, 0.2) is 0 Å². The molecule has 0 saturated heterocycles. The molecule has 0 N–H and O–H groups in total. The molecular formula is C31H60O4. The van der Waals surface area contributed by atoms with E-state index in [2.05, 4.69) is 20.8 Å². The quantitative estimate of drug-likeness (QED) is 0.0883. The summed E-state index contributed by atoms with van der Waals surface area (Å²) in [6.07, 6.45) is 25.6. The molecular weight excluding hydrogens is 436 g/mol. The molecule has 4 heteroatoms. The molecule has 0 heterocycles. The third kappa shape index (κ3) is 27.4. The molecule has 0 aromatic carbocycles. The second kappa shape index (κ2) is 26.0. The molecule has 0 aromatic rings. The molecule has 0 aromatic heterocycles. The van der Waals surface area contributed by atoms with Crippen molar-refractivity contribution in [2.45, 2.75) is 175 Å². The molecule has 0 amide bonds. The predicted octanol–water partition coefficient (Wildman–Crippen LogP) is 9.72. The van der Waals surface area contributed by atoms with Crippen LogP contribution in [0.5, 0.6) is 0 Å². The highest BCUT2D eigenvalue weighted by Gasteiger charge is 2.11.